The monoisotopic (exact) mass is 292 g/mol. The number of carbonyl (C=O) groups excluding carboxylic acids is 2. The smallest absolute Gasteiger partial charge is 0.224 e. The van der Waals surface area contributed by atoms with Gasteiger partial charge in [0.25, 0.3) is 0 Å². The molecule has 2 aromatic heterocycles. The predicted molar refractivity (Wildman–Crippen MR) is 78.7 cm³/mol. The Bertz CT molecular complexity index is 832. The lowest BCUT2D eigenvalue weighted by Gasteiger charge is -2.10. The topological polar surface area (TPSA) is 59.9 Å². The van der Waals surface area contributed by atoms with Gasteiger partial charge >= 0.3 is 0 Å². The van der Waals surface area contributed by atoms with Crippen LogP contribution in [-0.4, -0.2) is 21.5 Å². The largest absolute Gasteiger partial charge is 0.287 e. The molecule has 0 fully saturated rings. The van der Waals surface area contributed by atoms with Crippen LogP contribution in [0, 0.1) is 0 Å². The van der Waals surface area contributed by atoms with Crippen LogP contribution in [0.3, 0.4) is 0 Å². The highest BCUT2D eigenvalue weighted by Gasteiger charge is 2.34. The van der Waals surface area contributed by atoms with Gasteiger partial charge in [-0.2, -0.15) is 0 Å². The van der Waals surface area contributed by atoms with Crippen molar-refractivity contribution in [3.8, 4) is 10.6 Å². The second-order valence-corrected chi connectivity index (χ2v) is 5.62. The first kappa shape index (κ1) is 12.1. The molecule has 100 valence electrons. The molecule has 2 heterocycles. The van der Waals surface area contributed by atoms with Crippen molar-refractivity contribution in [3.63, 3.8) is 0 Å². The van der Waals surface area contributed by atoms with Crippen molar-refractivity contribution in [3.05, 3.63) is 70.5 Å². The molecular formula is C16H8N2O2S. The molecule has 0 atom stereocenters. The Hall–Kier alpha value is -2.66. The van der Waals surface area contributed by atoms with Gasteiger partial charge in [-0.15, -0.1) is 11.3 Å². The number of pyridine rings is 1. The zero-order chi connectivity index (χ0) is 14.4. The summed E-state index contributed by atoms with van der Waals surface area (Å²) in [6.45, 7) is 0. The van der Waals surface area contributed by atoms with Crippen LogP contribution >= 0.6 is 11.3 Å². The van der Waals surface area contributed by atoms with Gasteiger partial charge in [0.05, 0.1) is 5.56 Å². The third kappa shape index (κ3) is 1.75. The van der Waals surface area contributed by atoms with Crippen LogP contribution in [0.4, 0.5) is 0 Å². The van der Waals surface area contributed by atoms with Gasteiger partial charge in [0.2, 0.25) is 11.6 Å². The summed E-state index contributed by atoms with van der Waals surface area (Å²) in [5.41, 5.74) is 1.69. The zero-order valence-electron chi connectivity index (χ0n) is 10.7. The molecule has 0 amide bonds. The molecule has 0 N–H and O–H groups in total. The van der Waals surface area contributed by atoms with Gasteiger partial charge in [-0.3, -0.25) is 14.6 Å². The maximum Gasteiger partial charge on any atom is 0.224 e. The van der Waals surface area contributed by atoms with E-state index in [1.807, 2.05) is 30.3 Å². The number of aromatic nitrogens is 2. The number of nitrogens with zero attached hydrogens (tertiary/aromatic N) is 2. The molecule has 0 radical (unpaired) electrons. The Morgan fingerprint density at radius 1 is 0.857 bits per heavy atom. The summed E-state index contributed by atoms with van der Waals surface area (Å²) in [5.74, 6) is -0.453. The van der Waals surface area contributed by atoms with Crippen molar-refractivity contribution in [1.29, 1.82) is 0 Å². The molecule has 4 rings (SSSR count). The van der Waals surface area contributed by atoms with Crippen LogP contribution in [0.1, 0.15) is 31.4 Å². The Morgan fingerprint density at radius 3 is 2.48 bits per heavy atom. The van der Waals surface area contributed by atoms with Gasteiger partial charge < -0.3 is 0 Å². The number of fused-ring (bicyclic) bond motifs is 2. The molecule has 3 aromatic rings. The van der Waals surface area contributed by atoms with E-state index in [2.05, 4.69) is 9.97 Å². The summed E-state index contributed by atoms with van der Waals surface area (Å²) in [7, 11) is 0. The van der Waals surface area contributed by atoms with E-state index in [1.165, 1.54) is 17.5 Å². The van der Waals surface area contributed by atoms with E-state index in [0.717, 1.165) is 5.56 Å². The molecule has 1 aromatic carbocycles. The van der Waals surface area contributed by atoms with Crippen LogP contribution in [0.25, 0.3) is 10.6 Å². The Morgan fingerprint density at radius 2 is 1.67 bits per heavy atom. The average Bonchev–Trinajstić information content (AvgIpc) is 2.99. The van der Waals surface area contributed by atoms with E-state index in [9.17, 15) is 9.59 Å². The van der Waals surface area contributed by atoms with E-state index in [0.29, 0.717) is 15.4 Å². The second kappa shape index (κ2) is 4.43. The first-order valence-corrected chi connectivity index (χ1v) is 7.18. The first-order chi connectivity index (χ1) is 10.3. The molecule has 0 spiro atoms. The van der Waals surface area contributed by atoms with Crippen molar-refractivity contribution in [2.24, 2.45) is 0 Å². The molecule has 0 unspecified atom stereocenters. The minimum Gasteiger partial charge on any atom is -0.287 e. The maximum atomic E-state index is 12.5. The van der Waals surface area contributed by atoms with Crippen LogP contribution in [0.2, 0.25) is 0 Å². The highest BCUT2D eigenvalue weighted by atomic mass is 32.1. The highest BCUT2D eigenvalue weighted by molar-refractivity contribution is 7.17. The number of carbonyl (C=O) groups is 2. The standard InChI is InChI=1S/C16H8N2O2S/c19-13-10-7-4-8-17-11(10)14(20)15-12(13)18-16(21-15)9-5-2-1-3-6-9/h1-8H. The maximum absolute atomic E-state index is 12.5. The average molecular weight is 292 g/mol. The number of hydrogen-bond donors (Lipinski definition) is 0. The summed E-state index contributed by atoms with van der Waals surface area (Å²) in [6, 6.07) is 12.8. The van der Waals surface area contributed by atoms with E-state index in [-0.39, 0.29) is 23.0 Å². The molecule has 0 saturated heterocycles. The normalized spacial score (nSPS) is 13.0. The van der Waals surface area contributed by atoms with Crippen molar-refractivity contribution in [1.82, 2.24) is 9.97 Å². The first-order valence-electron chi connectivity index (χ1n) is 6.36. The summed E-state index contributed by atoms with van der Waals surface area (Å²) < 4.78 is 0. The van der Waals surface area contributed by atoms with Crippen LogP contribution in [0.15, 0.2) is 48.7 Å². The molecule has 21 heavy (non-hydrogen) atoms. The number of ketones is 2. The molecule has 4 nitrogen and oxygen atoms in total. The van der Waals surface area contributed by atoms with E-state index >= 15 is 0 Å². The fourth-order valence-electron chi connectivity index (χ4n) is 2.34. The van der Waals surface area contributed by atoms with Crippen molar-refractivity contribution in [2.45, 2.75) is 0 Å². The lowest BCUT2D eigenvalue weighted by molar-refractivity contribution is 0.0975. The lowest BCUT2D eigenvalue weighted by Crippen LogP contribution is -2.20. The SMILES string of the molecule is O=C1c2cccnc2C(=O)c2sc(-c3ccccc3)nc21. The molecule has 1 aliphatic rings. The van der Waals surface area contributed by atoms with Gasteiger partial charge in [0.15, 0.2) is 0 Å². The third-order valence-electron chi connectivity index (χ3n) is 3.34. The minimum absolute atomic E-state index is 0.221. The fraction of sp³-hybridized carbons (Fsp3) is 0. The number of thiazole rings is 1. The molecule has 1 aliphatic carbocycles. The zero-order valence-corrected chi connectivity index (χ0v) is 11.6. The van der Waals surface area contributed by atoms with Gasteiger partial charge in [0, 0.05) is 11.8 Å². The fourth-order valence-corrected chi connectivity index (χ4v) is 3.35. The van der Waals surface area contributed by atoms with E-state index in [4.69, 9.17) is 0 Å². The van der Waals surface area contributed by atoms with Crippen LogP contribution in [0.5, 0.6) is 0 Å². The summed E-state index contributed by atoms with van der Waals surface area (Å²) in [6.07, 6.45) is 1.52. The molecular weight excluding hydrogens is 284 g/mol. The quantitative estimate of drug-likeness (QED) is 0.541. The van der Waals surface area contributed by atoms with Crippen LogP contribution in [-0.2, 0) is 0 Å². The van der Waals surface area contributed by atoms with Gasteiger partial charge in [-0.25, -0.2) is 4.98 Å². The Balaban J connectivity index is 1.92. The molecule has 0 bridgehead atoms. The predicted octanol–water partition coefficient (Wildman–Crippen LogP) is 2.98. The molecule has 0 saturated carbocycles. The van der Waals surface area contributed by atoms with E-state index < -0.39 is 0 Å². The Kier molecular flexibility index (Phi) is 2.55. The summed E-state index contributed by atoms with van der Waals surface area (Å²) >= 11 is 1.24. The number of rotatable bonds is 1. The Labute approximate surface area is 124 Å². The minimum atomic E-state index is -0.230. The van der Waals surface area contributed by atoms with Gasteiger partial charge in [-0.1, -0.05) is 30.3 Å². The van der Waals surface area contributed by atoms with Crippen molar-refractivity contribution >= 4 is 22.9 Å². The molecule has 0 aliphatic heterocycles. The summed E-state index contributed by atoms with van der Waals surface area (Å²) in [4.78, 5) is 33.7. The lowest BCUT2D eigenvalue weighted by atomic mass is 9.96. The third-order valence-corrected chi connectivity index (χ3v) is 4.44. The van der Waals surface area contributed by atoms with Gasteiger partial charge in [0.1, 0.15) is 21.3 Å². The van der Waals surface area contributed by atoms with Gasteiger partial charge in [-0.05, 0) is 12.1 Å². The van der Waals surface area contributed by atoms with Crippen LogP contribution < -0.4 is 0 Å². The van der Waals surface area contributed by atoms with Crippen molar-refractivity contribution < 1.29 is 9.59 Å². The molecule has 5 heteroatoms. The highest BCUT2D eigenvalue weighted by Crippen LogP contribution is 2.34. The van der Waals surface area contributed by atoms with Crippen molar-refractivity contribution in [2.75, 3.05) is 0 Å². The number of hydrogen-bond acceptors (Lipinski definition) is 5. The second-order valence-electron chi connectivity index (χ2n) is 4.62. The van der Waals surface area contributed by atoms with E-state index in [1.54, 1.807) is 12.1 Å². The summed E-state index contributed by atoms with van der Waals surface area (Å²) in [5, 5.41) is 0.676. The number of benzene rings is 1.